The lowest BCUT2D eigenvalue weighted by atomic mass is 9.93. The lowest BCUT2D eigenvalue weighted by Gasteiger charge is -2.38. The fraction of sp³-hybridized carbons (Fsp3) is 0.357. The molecule has 0 unspecified atom stereocenters. The molecular formula is C14H16BrNO2. The minimum atomic E-state index is -0.236. The third kappa shape index (κ3) is 3.35. The minimum Gasteiger partial charge on any atom is -0.445 e. The van der Waals surface area contributed by atoms with E-state index in [0.717, 1.165) is 24.0 Å². The van der Waals surface area contributed by atoms with E-state index in [9.17, 15) is 4.79 Å². The first kappa shape index (κ1) is 13.1. The predicted molar refractivity (Wildman–Crippen MR) is 74.5 cm³/mol. The molecule has 1 aromatic rings. The second-order valence-corrected chi connectivity index (χ2v) is 5.39. The van der Waals surface area contributed by atoms with Crippen molar-refractivity contribution in [2.24, 2.45) is 5.92 Å². The summed E-state index contributed by atoms with van der Waals surface area (Å²) in [6, 6.07) is 8.29. The molecule has 1 aliphatic rings. The topological polar surface area (TPSA) is 29.5 Å². The summed E-state index contributed by atoms with van der Waals surface area (Å²) >= 11 is 3.46. The smallest absolute Gasteiger partial charge is 0.410 e. The van der Waals surface area contributed by atoms with Crippen LogP contribution in [0.15, 0.2) is 41.4 Å². The van der Waals surface area contributed by atoms with Crippen LogP contribution in [0.25, 0.3) is 0 Å². The summed E-state index contributed by atoms with van der Waals surface area (Å²) in [5, 5.41) is 0. The predicted octanol–water partition coefficient (Wildman–Crippen LogP) is 3.25. The normalized spacial score (nSPS) is 15.1. The Morgan fingerprint density at radius 3 is 3.00 bits per heavy atom. The molecule has 1 heterocycles. The maximum Gasteiger partial charge on any atom is 0.410 e. The molecule has 0 bridgehead atoms. The Kier molecular flexibility index (Phi) is 4.42. The number of carbonyl (C=O) groups excluding carboxylic acids is 1. The minimum absolute atomic E-state index is 0.236. The van der Waals surface area contributed by atoms with E-state index in [0.29, 0.717) is 5.92 Å². The van der Waals surface area contributed by atoms with E-state index < -0.39 is 0 Å². The van der Waals surface area contributed by atoms with Gasteiger partial charge in [-0.15, -0.1) is 0 Å². The van der Waals surface area contributed by atoms with Crippen LogP contribution in [-0.4, -0.2) is 30.7 Å². The summed E-state index contributed by atoms with van der Waals surface area (Å²) in [5.74, 6) is 0.538. The first-order chi connectivity index (χ1) is 8.69. The summed E-state index contributed by atoms with van der Waals surface area (Å²) in [7, 11) is 0. The average Bonchev–Trinajstić information content (AvgIpc) is 2.30. The summed E-state index contributed by atoms with van der Waals surface area (Å²) in [6.45, 7) is 5.36. The molecule has 1 amide bonds. The standard InChI is InChI=1S/C14H16BrNO2/c1-2-6-18-14(17)16-9-12(10-16)7-11-4-3-5-13(15)8-11/h2-5,8,12H,1,6-7,9-10H2. The highest BCUT2D eigenvalue weighted by atomic mass is 79.9. The van der Waals surface area contributed by atoms with Crippen molar-refractivity contribution in [3.05, 3.63) is 47.0 Å². The van der Waals surface area contributed by atoms with Gasteiger partial charge >= 0.3 is 6.09 Å². The second kappa shape index (κ2) is 6.05. The number of carbonyl (C=O) groups is 1. The molecule has 18 heavy (non-hydrogen) atoms. The molecule has 1 saturated heterocycles. The van der Waals surface area contributed by atoms with Crippen molar-refractivity contribution < 1.29 is 9.53 Å². The SMILES string of the molecule is C=CCOC(=O)N1CC(Cc2cccc(Br)c2)C1. The lowest BCUT2D eigenvalue weighted by Crippen LogP contribution is -2.50. The van der Waals surface area contributed by atoms with Crippen LogP contribution in [-0.2, 0) is 11.2 Å². The van der Waals surface area contributed by atoms with Gasteiger partial charge in [0, 0.05) is 17.6 Å². The van der Waals surface area contributed by atoms with Gasteiger partial charge in [-0.05, 0) is 30.0 Å². The molecule has 0 N–H and O–H groups in total. The number of nitrogens with zero attached hydrogens (tertiary/aromatic N) is 1. The Morgan fingerprint density at radius 1 is 1.56 bits per heavy atom. The Hall–Kier alpha value is -1.29. The van der Waals surface area contributed by atoms with Crippen LogP contribution >= 0.6 is 15.9 Å². The van der Waals surface area contributed by atoms with Gasteiger partial charge in [-0.25, -0.2) is 4.79 Å². The van der Waals surface area contributed by atoms with Gasteiger partial charge in [-0.1, -0.05) is 40.7 Å². The second-order valence-electron chi connectivity index (χ2n) is 4.47. The fourth-order valence-corrected chi connectivity index (χ4v) is 2.51. The van der Waals surface area contributed by atoms with Gasteiger partial charge in [0.15, 0.2) is 0 Å². The maximum atomic E-state index is 11.5. The molecule has 4 heteroatoms. The number of hydrogen-bond donors (Lipinski definition) is 0. The van der Waals surface area contributed by atoms with E-state index in [2.05, 4.69) is 34.6 Å². The molecule has 0 radical (unpaired) electrons. The lowest BCUT2D eigenvalue weighted by molar-refractivity contribution is 0.0604. The number of hydrogen-bond acceptors (Lipinski definition) is 2. The van der Waals surface area contributed by atoms with Gasteiger partial charge in [0.1, 0.15) is 6.61 Å². The zero-order chi connectivity index (χ0) is 13.0. The van der Waals surface area contributed by atoms with Crippen molar-refractivity contribution in [1.29, 1.82) is 0 Å². The molecule has 2 rings (SSSR count). The van der Waals surface area contributed by atoms with E-state index in [1.165, 1.54) is 5.56 Å². The monoisotopic (exact) mass is 309 g/mol. The molecule has 0 spiro atoms. The van der Waals surface area contributed by atoms with Crippen molar-refractivity contribution in [2.75, 3.05) is 19.7 Å². The Balaban J connectivity index is 1.76. The third-order valence-corrected chi connectivity index (χ3v) is 3.45. The van der Waals surface area contributed by atoms with Crippen LogP contribution < -0.4 is 0 Å². The highest BCUT2D eigenvalue weighted by molar-refractivity contribution is 9.10. The third-order valence-electron chi connectivity index (χ3n) is 2.95. The number of amides is 1. The first-order valence-electron chi connectivity index (χ1n) is 5.96. The molecule has 0 atom stereocenters. The first-order valence-corrected chi connectivity index (χ1v) is 6.75. The highest BCUT2D eigenvalue weighted by Crippen LogP contribution is 2.22. The molecule has 96 valence electrons. The van der Waals surface area contributed by atoms with Gasteiger partial charge < -0.3 is 9.64 Å². The van der Waals surface area contributed by atoms with E-state index in [4.69, 9.17) is 4.74 Å². The summed E-state index contributed by atoms with van der Waals surface area (Å²) in [4.78, 5) is 13.2. The molecule has 1 aromatic carbocycles. The molecule has 0 aromatic heterocycles. The Morgan fingerprint density at radius 2 is 2.33 bits per heavy atom. The van der Waals surface area contributed by atoms with Gasteiger partial charge in [0.2, 0.25) is 0 Å². The zero-order valence-corrected chi connectivity index (χ0v) is 11.7. The van der Waals surface area contributed by atoms with E-state index in [1.54, 1.807) is 11.0 Å². The van der Waals surface area contributed by atoms with E-state index in [1.807, 2.05) is 12.1 Å². The van der Waals surface area contributed by atoms with Gasteiger partial charge in [0.05, 0.1) is 0 Å². The van der Waals surface area contributed by atoms with Crippen molar-refractivity contribution in [3.8, 4) is 0 Å². The molecule has 1 aliphatic heterocycles. The summed E-state index contributed by atoms with van der Waals surface area (Å²) in [5.41, 5.74) is 1.30. The molecule has 1 fully saturated rings. The van der Waals surface area contributed by atoms with Crippen molar-refractivity contribution in [2.45, 2.75) is 6.42 Å². The number of likely N-dealkylation sites (tertiary alicyclic amines) is 1. The maximum absolute atomic E-state index is 11.5. The fourth-order valence-electron chi connectivity index (χ4n) is 2.07. The van der Waals surface area contributed by atoms with E-state index in [-0.39, 0.29) is 12.7 Å². The van der Waals surface area contributed by atoms with Gasteiger partial charge in [0.25, 0.3) is 0 Å². The summed E-state index contributed by atoms with van der Waals surface area (Å²) < 4.78 is 6.07. The van der Waals surface area contributed by atoms with Crippen LogP contribution in [0, 0.1) is 5.92 Å². The number of ether oxygens (including phenoxy) is 1. The van der Waals surface area contributed by atoms with Crippen LogP contribution in [0.3, 0.4) is 0 Å². The Labute approximate surface area is 116 Å². The number of benzene rings is 1. The van der Waals surface area contributed by atoms with Gasteiger partial charge in [-0.2, -0.15) is 0 Å². The van der Waals surface area contributed by atoms with E-state index >= 15 is 0 Å². The van der Waals surface area contributed by atoms with Crippen LogP contribution in [0.4, 0.5) is 4.79 Å². The highest BCUT2D eigenvalue weighted by Gasteiger charge is 2.31. The van der Waals surface area contributed by atoms with Crippen LogP contribution in [0.5, 0.6) is 0 Å². The molecule has 0 saturated carbocycles. The molecule has 3 nitrogen and oxygen atoms in total. The molecule has 0 aliphatic carbocycles. The average molecular weight is 310 g/mol. The van der Waals surface area contributed by atoms with Crippen molar-refractivity contribution in [1.82, 2.24) is 4.90 Å². The van der Waals surface area contributed by atoms with Crippen molar-refractivity contribution >= 4 is 22.0 Å². The Bertz CT molecular complexity index is 441. The van der Waals surface area contributed by atoms with Crippen LogP contribution in [0.1, 0.15) is 5.56 Å². The molecular weight excluding hydrogens is 294 g/mol. The number of halogens is 1. The van der Waals surface area contributed by atoms with Gasteiger partial charge in [-0.3, -0.25) is 0 Å². The quantitative estimate of drug-likeness (QED) is 0.799. The summed E-state index contributed by atoms with van der Waals surface area (Å²) in [6.07, 6.45) is 2.35. The largest absolute Gasteiger partial charge is 0.445 e. The number of rotatable bonds is 4. The van der Waals surface area contributed by atoms with Crippen LogP contribution in [0.2, 0.25) is 0 Å². The zero-order valence-electron chi connectivity index (χ0n) is 10.1. The van der Waals surface area contributed by atoms with Crippen molar-refractivity contribution in [3.63, 3.8) is 0 Å².